The van der Waals surface area contributed by atoms with Crippen LogP contribution in [0, 0.1) is 0 Å². The van der Waals surface area contributed by atoms with Crippen molar-refractivity contribution in [3.63, 3.8) is 0 Å². The summed E-state index contributed by atoms with van der Waals surface area (Å²) < 4.78 is 0. The van der Waals surface area contributed by atoms with Crippen LogP contribution in [0.25, 0.3) is 0 Å². The molecule has 0 atom stereocenters. The van der Waals surface area contributed by atoms with Crippen LogP contribution in [0.1, 0.15) is 27.7 Å². The molecule has 0 saturated heterocycles. The van der Waals surface area contributed by atoms with Gasteiger partial charge in [0.25, 0.3) is 0 Å². The first-order chi connectivity index (χ1) is 5.42. The highest BCUT2D eigenvalue weighted by molar-refractivity contribution is 5.84. The summed E-state index contributed by atoms with van der Waals surface area (Å²) in [6.45, 7) is 7.76. The predicted octanol–water partition coefficient (Wildman–Crippen LogP) is 1.10. The van der Waals surface area contributed by atoms with Gasteiger partial charge in [-0.25, -0.2) is 0 Å². The molecule has 1 amide bonds. The minimum absolute atomic E-state index is 0.0394. The lowest BCUT2D eigenvalue weighted by Crippen LogP contribution is -2.50. The molecule has 0 rings (SSSR count). The van der Waals surface area contributed by atoms with E-state index in [1.807, 2.05) is 46.7 Å². The number of hydrogen-bond donors (Lipinski definition) is 1. The lowest BCUT2D eigenvalue weighted by atomic mass is 10.0. The van der Waals surface area contributed by atoms with E-state index in [0.717, 1.165) is 0 Å². The Kier molecular flexibility index (Phi) is 6.99. The first kappa shape index (κ1) is 14.0. The van der Waals surface area contributed by atoms with Crippen molar-refractivity contribution in [2.24, 2.45) is 0 Å². The molecule has 0 radical (unpaired) electrons. The summed E-state index contributed by atoms with van der Waals surface area (Å²) in [5.74, 6) is 0.0394. The Bertz CT molecular complexity index is 130. The average molecular weight is 174 g/mol. The highest BCUT2D eigenvalue weighted by Gasteiger charge is 2.28. The zero-order chi connectivity index (χ0) is 10.4. The Morgan fingerprint density at radius 2 is 1.58 bits per heavy atom. The number of carbonyl (C=O) groups excluding carboxylic acids is 1. The molecule has 0 fully saturated rings. The number of rotatable bonds is 2. The first-order valence-electron chi connectivity index (χ1n) is 4.32. The molecule has 12 heavy (non-hydrogen) atoms. The second-order valence-electron chi connectivity index (χ2n) is 3.03. The maximum atomic E-state index is 11.1. The number of carbonyl (C=O) groups is 1. The maximum absolute atomic E-state index is 11.1. The number of nitrogens with one attached hydrogen (secondary N) is 1. The van der Waals surface area contributed by atoms with E-state index in [0.29, 0.717) is 0 Å². The topological polar surface area (TPSA) is 32.3 Å². The third kappa shape index (κ3) is 3.72. The molecule has 0 aromatic heterocycles. The van der Waals surface area contributed by atoms with Gasteiger partial charge in [0.15, 0.2) is 0 Å². The van der Waals surface area contributed by atoms with Crippen LogP contribution in [0.5, 0.6) is 0 Å². The summed E-state index contributed by atoms with van der Waals surface area (Å²) in [5, 5.41) is 2.61. The van der Waals surface area contributed by atoms with Crippen molar-refractivity contribution in [3.8, 4) is 0 Å². The van der Waals surface area contributed by atoms with Crippen LogP contribution >= 0.6 is 0 Å². The molecule has 0 spiro atoms. The van der Waals surface area contributed by atoms with E-state index in [-0.39, 0.29) is 5.91 Å². The van der Waals surface area contributed by atoms with Crippen molar-refractivity contribution >= 4 is 5.91 Å². The van der Waals surface area contributed by atoms with Gasteiger partial charge in [-0.15, -0.1) is 0 Å². The summed E-state index contributed by atoms with van der Waals surface area (Å²) in [6, 6.07) is 0. The Morgan fingerprint density at radius 1 is 1.25 bits per heavy atom. The molecule has 0 heterocycles. The van der Waals surface area contributed by atoms with E-state index in [1.54, 1.807) is 7.05 Å². The summed E-state index contributed by atoms with van der Waals surface area (Å²) in [6.07, 6.45) is 0. The first-order valence-corrected chi connectivity index (χ1v) is 4.32. The van der Waals surface area contributed by atoms with E-state index >= 15 is 0 Å². The van der Waals surface area contributed by atoms with Crippen LogP contribution < -0.4 is 5.32 Å². The standard InChI is InChI=1S/C7H16N2O.C2H6/c1-7(2,9(4)5)6(10)8-3;1-2/h1-5H3,(H,8,10);1-2H3. The summed E-state index contributed by atoms with van der Waals surface area (Å²) in [4.78, 5) is 13.0. The molecule has 74 valence electrons. The highest BCUT2D eigenvalue weighted by atomic mass is 16.2. The molecule has 3 heteroatoms. The molecular weight excluding hydrogens is 152 g/mol. The van der Waals surface area contributed by atoms with Crippen LogP contribution in [0.3, 0.4) is 0 Å². The van der Waals surface area contributed by atoms with Gasteiger partial charge in [-0.2, -0.15) is 0 Å². The van der Waals surface area contributed by atoms with Crippen molar-refractivity contribution in [1.82, 2.24) is 10.2 Å². The SMILES string of the molecule is CC.CNC(=O)C(C)(C)N(C)C. The van der Waals surface area contributed by atoms with Crippen LogP contribution in [-0.2, 0) is 4.79 Å². The summed E-state index contributed by atoms with van der Waals surface area (Å²) in [5.41, 5.74) is -0.408. The van der Waals surface area contributed by atoms with E-state index in [2.05, 4.69) is 5.32 Å². The van der Waals surface area contributed by atoms with Crippen molar-refractivity contribution in [2.75, 3.05) is 21.1 Å². The van der Waals surface area contributed by atoms with Gasteiger partial charge in [0.05, 0.1) is 5.54 Å². The normalized spacial score (nSPS) is 10.3. The van der Waals surface area contributed by atoms with Crippen molar-refractivity contribution < 1.29 is 4.79 Å². The maximum Gasteiger partial charge on any atom is 0.239 e. The van der Waals surface area contributed by atoms with Crippen LogP contribution in [-0.4, -0.2) is 37.5 Å². The summed E-state index contributed by atoms with van der Waals surface area (Å²) in [7, 11) is 5.41. The molecule has 0 aliphatic carbocycles. The fourth-order valence-corrected chi connectivity index (χ4v) is 0.509. The van der Waals surface area contributed by atoms with Crippen molar-refractivity contribution in [2.45, 2.75) is 33.2 Å². The van der Waals surface area contributed by atoms with Gasteiger partial charge in [0, 0.05) is 7.05 Å². The molecule has 0 unspecified atom stereocenters. The second kappa shape index (κ2) is 6.00. The van der Waals surface area contributed by atoms with Crippen molar-refractivity contribution in [3.05, 3.63) is 0 Å². The fourth-order valence-electron chi connectivity index (χ4n) is 0.509. The molecule has 3 nitrogen and oxygen atoms in total. The Hall–Kier alpha value is -0.570. The fraction of sp³-hybridized carbons (Fsp3) is 0.889. The van der Waals surface area contributed by atoms with Gasteiger partial charge in [0.1, 0.15) is 0 Å². The lowest BCUT2D eigenvalue weighted by molar-refractivity contribution is -0.129. The summed E-state index contributed by atoms with van der Waals surface area (Å²) >= 11 is 0. The molecule has 0 aromatic rings. The number of amides is 1. The number of likely N-dealkylation sites (N-methyl/N-ethyl adjacent to an activating group) is 2. The van der Waals surface area contributed by atoms with Gasteiger partial charge >= 0.3 is 0 Å². The molecule has 0 aliphatic rings. The highest BCUT2D eigenvalue weighted by Crippen LogP contribution is 2.08. The van der Waals surface area contributed by atoms with E-state index in [4.69, 9.17) is 0 Å². The van der Waals surface area contributed by atoms with Crippen molar-refractivity contribution in [1.29, 1.82) is 0 Å². The van der Waals surface area contributed by atoms with E-state index < -0.39 is 5.54 Å². The van der Waals surface area contributed by atoms with Crippen LogP contribution in [0.2, 0.25) is 0 Å². The molecular formula is C9H22N2O. The third-order valence-corrected chi connectivity index (χ3v) is 1.90. The van der Waals surface area contributed by atoms with E-state index in [1.165, 1.54) is 0 Å². The van der Waals surface area contributed by atoms with E-state index in [9.17, 15) is 4.79 Å². The van der Waals surface area contributed by atoms with Gasteiger partial charge < -0.3 is 5.32 Å². The third-order valence-electron chi connectivity index (χ3n) is 1.90. The van der Waals surface area contributed by atoms with Crippen LogP contribution in [0.4, 0.5) is 0 Å². The van der Waals surface area contributed by atoms with Gasteiger partial charge in [0.2, 0.25) is 5.91 Å². The van der Waals surface area contributed by atoms with Gasteiger partial charge in [-0.05, 0) is 27.9 Å². The number of nitrogens with zero attached hydrogens (tertiary/aromatic N) is 1. The average Bonchev–Trinajstić information content (AvgIpc) is 2.06. The molecule has 0 aliphatic heterocycles. The minimum Gasteiger partial charge on any atom is -0.358 e. The quantitative estimate of drug-likeness (QED) is 0.680. The molecule has 0 bridgehead atoms. The molecule has 1 N–H and O–H groups in total. The van der Waals surface area contributed by atoms with Gasteiger partial charge in [-0.3, -0.25) is 9.69 Å². The smallest absolute Gasteiger partial charge is 0.239 e. The predicted molar refractivity (Wildman–Crippen MR) is 53.2 cm³/mol. The zero-order valence-corrected chi connectivity index (χ0v) is 9.36. The monoisotopic (exact) mass is 174 g/mol. The van der Waals surface area contributed by atoms with Crippen LogP contribution in [0.15, 0.2) is 0 Å². The second-order valence-corrected chi connectivity index (χ2v) is 3.03. The zero-order valence-electron chi connectivity index (χ0n) is 9.36. The molecule has 0 saturated carbocycles. The largest absolute Gasteiger partial charge is 0.358 e. The minimum atomic E-state index is -0.408. The number of hydrogen-bond acceptors (Lipinski definition) is 2. The molecule has 0 aromatic carbocycles. The Morgan fingerprint density at radius 3 is 1.67 bits per heavy atom. The lowest BCUT2D eigenvalue weighted by Gasteiger charge is -2.30. The Balaban J connectivity index is 0. The Labute approximate surface area is 76.1 Å². The van der Waals surface area contributed by atoms with Gasteiger partial charge in [-0.1, -0.05) is 13.8 Å².